The molecule has 0 amide bonds. The molecule has 0 saturated heterocycles. The molecule has 0 heterocycles. The fourth-order valence-electron chi connectivity index (χ4n) is 1.12. The second kappa shape index (κ2) is 5.76. The van der Waals surface area contributed by atoms with Crippen LogP contribution in [0, 0.1) is 11.3 Å². The fraction of sp³-hybridized carbons (Fsp3) is 0.333. The van der Waals surface area contributed by atoms with Gasteiger partial charge in [0.1, 0.15) is 5.75 Å². The minimum atomic E-state index is -0.645. The number of ether oxygens (including phenoxy) is 2. The van der Waals surface area contributed by atoms with Crippen molar-refractivity contribution in [3.63, 3.8) is 0 Å². The van der Waals surface area contributed by atoms with Crippen LogP contribution in [0.25, 0.3) is 0 Å². The van der Waals surface area contributed by atoms with Crippen molar-refractivity contribution >= 4 is 5.97 Å². The Morgan fingerprint density at radius 3 is 2.56 bits per heavy atom. The van der Waals surface area contributed by atoms with Gasteiger partial charge in [-0.3, -0.25) is 0 Å². The summed E-state index contributed by atoms with van der Waals surface area (Å²) in [5.74, 6) is 0.145. The third-order valence-electron chi connectivity index (χ3n) is 1.91. The summed E-state index contributed by atoms with van der Waals surface area (Å²) in [6.45, 7) is 3.70. The predicted octanol–water partition coefficient (Wildman–Crippen LogP) is 1.89. The van der Waals surface area contributed by atoms with Gasteiger partial charge in [-0.05, 0) is 38.1 Å². The number of benzene rings is 1. The molecule has 0 spiro atoms. The van der Waals surface area contributed by atoms with Crippen LogP contribution >= 0.6 is 0 Å². The van der Waals surface area contributed by atoms with E-state index in [0.29, 0.717) is 17.9 Å². The van der Waals surface area contributed by atoms with E-state index in [2.05, 4.69) is 0 Å². The smallest absolute Gasteiger partial charge is 0.347 e. The SMILES string of the molecule is CCOC(=O)C(C)Oc1ccc(C#N)cc1. The first kappa shape index (κ1) is 12.1. The van der Waals surface area contributed by atoms with Gasteiger partial charge in [0, 0.05) is 0 Å². The number of rotatable bonds is 4. The molecular formula is C12H13NO3. The van der Waals surface area contributed by atoms with Crippen LogP contribution in [0.4, 0.5) is 0 Å². The van der Waals surface area contributed by atoms with Gasteiger partial charge >= 0.3 is 5.97 Å². The molecule has 0 aliphatic carbocycles. The van der Waals surface area contributed by atoms with E-state index < -0.39 is 12.1 Å². The van der Waals surface area contributed by atoms with E-state index in [-0.39, 0.29) is 0 Å². The summed E-state index contributed by atoms with van der Waals surface area (Å²) in [5.41, 5.74) is 0.552. The minimum absolute atomic E-state index is 0.333. The first-order valence-corrected chi connectivity index (χ1v) is 5.00. The monoisotopic (exact) mass is 219 g/mol. The molecule has 0 bridgehead atoms. The first-order chi connectivity index (χ1) is 7.67. The van der Waals surface area contributed by atoms with Crippen LogP contribution in [0.2, 0.25) is 0 Å². The quantitative estimate of drug-likeness (QED) is 0.725. The van der Waals surface area contributed by atoms with Crippen molar-refractivity contribution in [2.24, 2.45) is 0 Å². The van der Waals surface area contributed by atoms with Crippen molar-refractivity contribution in [1.29, 1.82) is 5.26 Å². The maximum absolute atomic E-state index is 11.3. The third-order valence-corrected chi connectivity index (χ3v) is 1.91. The zero-order chi connectivity index (χ0) is 12.0. The highest BCUT2D eigenvalue weighted by molar-refractivity contribution is 5.74. The van der Waals surface area contributed by atoms with E-state index in [0.717, 1.165) is 0 Å². The molecule has 0 radical (unpaired) electrons. The highest BCUT2D eigenvalue weighted by atomic mass is 16.6. The molecule has 1 aromatic carbocycles. The van der Waals surface area contributed by atoms with Crippen molar-refractivity contribution in [1.82, 2.24) is 0 Å². The Bertz CT molecular complexity index is 392. The summed E-state index contributed by atoms with van der Waals surface area (Å²) < 4.78 is 10.1. The van der Waals surface area contributed by atoms with Gasteiger partial charge in [-0.2, -0.15) is 5.26 Å². The topological polar surface area (TPSA) is 59.3 Å². The molecule has 1 rings (SSSR count). The van der Waals surface area contributed by atoms with Gasteiger partial charge in [0.05, 0.1) is 18.2 Å². The Balaban J connectivity index is 2.59. The minimum Gasteiger partial charge on any atom is -0.479 e. The molecule has 1 atom stereocenters. The summed E-state index contributed by atoms with van der Waals surface area (Å²) in [6.07, 6.45) is -0.645. The molecule has 0 aliphatic heterocycles. The van der Waals surface area contributed by atoms with Gasteiger partial charge in [-0.1, -0.05) is 0 Å². The second-order valence-corrected chi connectivity index (χ2v) is 3.15. The van der Waals surface area contributed by atoms with E-state index in [1.54, 1.807) is 38.1 Å². The molecule has 1 unspecified atom stereocenters. The number of carbonyl (C=O) groups is 1. The predicted molar refractivity (Wildman–Crippen MR) is 57.9 cm³/mol. The molecule has 0 N–H and O–H groups in total. The van der Waals surface area contributed by atoms with E-state index in [4.69, 9.17) is 14.7 Å². The molecule has 0 fully saturated rings. The lowest BCUT2D eigenvalue weighted by atomic mass is 10.2. The third kappa shape index (κ3) is 3.28. The normalized spacial score (nSPS) is 11.3. The standard InChI is InChI=1S/C12H13NO3/c1-3-15-12(14)9(2)16-11-6-4-10(8-13)5-7-11/h4-7,9H,3H2,1-2H3. The van der Waals surface area contributed by atoms with Crippen LogP contribution in [-0.2, 0) is 9.53 Å². The zero-order valence-corrected chi connectivity index (χ0v) is 9.27. The van der Waals surface area contributed by atoms with Crippen molar-refractivity contribution in [2.75, 3.05) is 6.61 Å². The van der Waals surface area contributed by atoms with E-state index in [1.807, 2.05) is 6.07 Å². The second-order valence-electron chi connectivity index (χ2n) is 3.15. The number of nitrogens with zero attached hydrogens (tertiary/aromatic N) is 1. The number of hydrogen-bond acceptors (Lipinski definition) is 4. The Labute approximate surface area is 94.4 Å². The summed E-state index contributed by atoms with van der Waals surface area (Å²) >= 11 is 0. The maximum Gasteiger partial charge on any atom is 0.347 e. The maximum atomic E-state index is 11.3. The molecule has 1 aromatic rings. The largest absolute Gasteiger partial charge is 0.479 e. The summed E-state index contributed by atoms with van der Waals surface area (Å²) in [4.78, 5) is 11.3. The Kier molecular flexibility index (Phi) is 4.34. The van der Waals surface area contributed by atoms with Crippen LogP contribution < -0.4 is 4.74 Å². The van der Waals surface area contributed by atoms with Crippen LogP contribution in [0.1, 0.15) is 19.4 Å². The Hall–Kier alpha value is -2.02. The number of nitriles is 1. The van der Waals surface area contributed by atoms with Crippen molar-refractivity contribution in [3.8, 4) is 11.8 Å². The lowest BCUT2D eigenvalue weighted by molar-refractivity contribution is -0.150. The average Bonchev–Trinajstić information content (AvgIpc) is 2.30. The van der Waals surface area contributed by atoms with Crippen LogP contribution in [0.5, 0.6) is 5.75 Å². The molecular weight excluding hydrogens is 206 g/mol. The molecule has 0 aliphatic rings. The lowest BCUT2D eigenvalue weighted by Crippen LogP contribution is -2.25. The van der Waals surface area contributed by atoms with Crippen LogP contribution in [0.15, 0.2) is 24.3 Å². The molecule has 4 heteroatoms. The number of hydrogen-bond donors (Lipinski definition) is 0. The number of carbonyl (C=O) groups excluding carboxylic acids is 1. The van der Waals surface area contributed by atoms with Gasteiger partial charge < -0.3 is 9.47 Å². The van der Waals surface area contributed by atoms with Crippen molar-refractivity contribution in [2.45, 2.75) is 20.0 Å². The molecule has 84 valence electrons. The zero-order valence-electron chi connectivity index (χ0n) is 9.27. The molecule has 0 aromatic heterocycles. The number of esters is 1. The Morgan fingerprint density at radius 1 is 1.44 bits per heavy atom. The van der Waals surface area contributed by atoms with Crippen LogP contribution in [-0.4, -0.2) is 18.7 Å². The Morgan fingerprint density at radius 2 is 2.06 bits per heavy atom. The van der Waals surface area contributed by atoms with Gasteiger partial charge in [-0.25, -0.2) is 4.79 Å². The van der Waals surface area contributed by atoms with Crippen molar-refractivity contribution in [3.05, 3.63) is 29.8 Å². The average molecular weight is 219 g/mol. The van der Waals surface area contributed by atoms with Gasteiger partial charge in [0.15, 0.2) is 6.10 Å². The molecule has 0 saturated carbocycles. The van der Waals surface area contributed by atoms with Crippen molar-refractivity contribution < 1.29 is 14.3 Å². The highest BCUT2D eigenvalue weighted by Crippen LogP contribution is 2.13. The van der Waals surface area contributed by atoms with Gasteiger partial charge in [-0.15, -0.1) is 0 Å². The highest BCUT2D eigenvalue weighted by Gasteiger charge is 2.15. The van der Waals surface area contributed by atoms with E-state index in [9.17, 15) is 4.79 Å². The summed E-state index contributed by atoms with van der Waals surface area (Å²) in [5, 5.41) is 8.60. The summed E-state index contributed by atoms with van der Waals surface area (Å²) in [7, 11) is 0. The van der Waals surface area contributed by atoms with E-state index in [1.165, 1.54) is 0 Å². The van der Waals surface area contributed by atoms with Gasteiger partial charge in [0.2, 0.25) is 0 Å². The molecule has 16 heavy (non-hydrogen) atoms. The van der Waals surface area contributed by atoms with Gasteiger partial charge in [0.25, 0.3) is 0 Å². The lowest BCUT2D eigenvalue weighted by Gasteiger charge is -2.12. The summed E-state index contributed by atoms with van der Waals surface area (Å²) in [6, 6.07) is 8.56. The van der Waals surface area contributed by atoms with Crippen LogP contribution in [0.3, 0.4) is 0 Å². The van der Waals surface area contributed by atoms with E-state index >= 15 is 0 Å². The molecule has 4 nitrogen and oxygen atoms in total. The first-order valence-electron chi connectivity index (χ1n) is 5.00. The fourth-order valence-corrected chi connectivity index (χ4v) is 1.12.